The average Bonchev–Trinajstić information content (AvgIpc) is 2.71. The van der Waals surface area contributed by atoms with Crippen molar-refractivity contribution in [2.45, 2.75) is 72.1 Å². The van der Waals surface area contributed by atoms with Crippen LogP contribution in [0, 0.1) is 0 Å². The minimum absolute atomic E-state index is 1.96. The first-order valence-corrected chi connectivity index (χ1v) is 8.63. The summed E-state index contributed by atoms with van der Waals surface area (Å²) in [7, 11) is 0. The van der Waals surface area contributed by atoms with Gasteiger partial charge in [0, 0.05) is 13.0 Å². The van der Waals surface area contributed by atoms with E-state index in [1.807, 2.05) is 0 Å². The Hall–Kier alpha value is -1.76. The zero-order chi connectivity index (χ0) is 33.6. The molecule has 0 amide bonds. The molecule has 0 rings (SSSR count). The van der Waals surface area contributed by atoms with Crippen molar-refractivity contribution in [2.24, 2.45) is 0 Å². The maximum Gasteiger partial charge on any atom is 0.460 e. The third kappa shape index (κ3) is 6.05. The van der Waals surface area contributed by atoms with Gasteiger partial charge in [0.05, 0.1) is 0 Å². The Labute approximate surface area is 202 Å². The summed E-state index contributed by atoms with van der Waals surface area (Å²) >= 11 is 0. The van der Waals surface area contributed by atoms with Crippen molar-refractivity contribution >= 4 is 0 Å². The molecule has 0 heterocycles. The molecule has 0 saturated carbocycles. The van der Waals surface area contributed by atoms with Crippen molar-refractivity contribution in [3.8, 4) is 0 Å². The van der Waals surface area contributed by atoms with Gasteiger partial charge in [-0.2, -0.15) is 105 Å². The predicted molar refractivity (Wildman–Crippen MR) is 75.4 cm³/mol. The number of aliphatic hydroxyl groups is 2. The summed E-state index contributed by atoms with van der Waals surface area (Å²) in [5, 5.41) is 15.6. The predicted octanol–water partition coefficient (Wildman–Crippen LogP) is 7.19. The molecule has 0 aliphatic heterocycles. The first-order chi connectivity index (χ1) is 16.9. The number of rotatable bonds is 10. The normalized spacial score (nSPS) is 16.1. The van der Waals surface area contributed by atoms with Gasteiger partial charge < -0.3 is 10.2 Å². The van der Waals surface area contributed by atoms with Gasteiger partial charge in [-0.25, -0.2) is 0 Å². The van der Waals surface area contributed by atoms with Crippen molar-refractivity contribution in [3.63, 3.8) is 0 Å². The van der Waals surface area contributed by atoms with Gasteiger partial charge in [0.25, 0.3) is 0 Å². The summed E-state index contributed by atoms with van der Waals surface area (Å²) in [6.07, 6.45) is -17.2. The van der Waals surface area contributed by atoms with Crippen molar-refractivity contribution in [1.29, 1.82) is 0 Å². The fraction of sp³-hybridized carbons (Fsp3) is 1.00. The van der Waals surface area contributed by atoms with Gasteiger partial charge in [-0.05, 0) is 0 Å². The van der Waals surface area contributed by atoms with Crippen molar-refractivity contribution in [3.05, 3.63) is 0 Å². The van der Waals surface area contributed by atoms with Crippen molar-refractivity contribution in [2.75, 3.05) is 13.2 Å². The fourth-order valence-electron chi connectivity index (χ4n) is 1.80. The third-order valence-electron chi connectivity index (χ3n) is 4.23. The van der Waals surface area contributed by atoms with E-state index in [4.69, 9.17) is 10.2 Å². The zero-order valence-electron chi connectivity index (χ0n) is 17.6. The van der Waals surface area contributed by atoms with Gasteiger partial charge in [-0.3, -0.25) is 0 Å². The molecule has 0 atom stereocenters. The fourth-order valence-corrected chi connectivity index (χ4v) is 1.80. The molecule has 0 fully saturated rings. The van der Waals surface area contributed by atoms with Crippen LogP contribution in [0.3, 0.4) is 0 Å². The lowest BCUT2D eigenvalue weighted by molar-refractivity contribution is -0.440. The van der Waals surface area contributed by atoms with E-state index in [1.165, 1.54) is 0 Å². The van der Waals surface area contributed by atoms with Crippen LogP contribution >= 0.6 is 0 Å². The summed E-state index contributed by atoms with van der Waals surface area (Å²) in [5.74, 6) is -65.0. The van der Waals surface area contributed by atoms with E-state index in [0.29, 0.717) is 0 Å². The number of aliphatic hydroxyl groups excluding tert-OH is 2. The Kier molecular flexibility index (Phi) is 10.9. The Bertz CT molecular complexity index is 835. The SMILES string of the molecule is OCC(F)(F)C(F)(F)C(F)(F)C(F)(F)C(F)(F)F.OCCC(F)(F)C(F)(F)C(F)(F)C(F)(F)C(F)(F)C(F)(F)F. The smallest absolute Gasteiger partial charge is 0.396 e. The monoisotopic (exact) mass is 664 g/mol. The van der Waals surface area contributed by atoms with Crippen LogP contribution in [0.15, 0.2) is 0 Å². The maximum absolute atomic E-state index is 12.8. The highest BCUT2D eigenvalue weighted by atomic mass is 19.4. The minimum atomic E-state index is -7.89. The molecule has 40 heavy (non-hydrogen) atoms. The van der Waals surface area contributed by atoms with E-state index in [2.05, 4.69) is 0 Å². The zero-order valence-corrected chi connectivity index (χ0v) is 17.6. The van der Waals surface area contributed by atoms with Gasteiger partial charge >= 0.3 is 65.7 Å². The molecular weight excluding hydrogens is 656 g/mol. The van der Waals surface area contributed by atoms with Gasteiger partial charge in [0.15, 0.2) is 0 Å². The van der Waals surface area contributed by atoms with Crippen LogP contribution in [0.5, 0.6) is 0 Å². The van der Waals surface area contributed by atoms with Crippen molar-refractivity contribution in [1.82, 2.24) is 0 Å². The quantitative estimate of drug-likeness (QED) is 0.243. The minimum Gasteiger partial charge on any atom is -0.396 e. The number of alkyl halides is 24. The largest absolute Gasteiger partial charge is 0.460 e. The second-order valence-electron chi connectivity index (χ2n) is 7.06. The molecule has 0 spiro atoms. The lowest BCUT2D eigenvalue weighted by Crippen LogP contribution is -2.70. The Morgan fingerprint density at radius 2 is 0.525 bits per heavy atom. The highest BCUT2D eigenvalue weighted by Crippen LogP contribution is 2.61. The van der Waals surface area contributed by atoms with E-state index < -0.39 is 85.3 Å². The number of hydrogen-bond acceptors (Lipinski definition) is 2. The van der Waals surface area contributed by atoms with Gasteiger partial charge in [-0.1, -0.05) is 0 Å². The Balaban J connectivity index is 0. The molecule has 26 heteroatoms. The van der Waals surface area contributed by atoms with Crippen LogP contribution in [0.4, 0.5) is 105 Å². The summed E-state index contributed by atoms with van der Waals surface area (Å²) in [6, 6.07) is 0. The number of halogens is 24. The molecule has 0 saturated heterocycles. The summed E-state index contributed by atoms with van der Waals surface area (Å²) in [6.45, 7) is -5.00. The lowest BCUT2D eigenvalue weighted by Gasteiger charge is -2.39. The van der Waals surface area contributed by atoms with E-state index in [0.717, 1.165) is 0 Å². The molecular formula is C14H8F24O2. The Morgan fingerprint density at radius 1 is 0.300 bits per heavy atom. The average molecular weight is 664 g/mol. The van der Waals surface area contributed by atoms with Crippen LogP contribution in [0.25, 0.3) is 0 Å². The maximum atomic E-state index is 12.8. The lowest BCUT2D eigenvalue weighted by atomic mass is 9.93. The molecule has 2 nitrogen and oxygen atoms in total. The first kappa shape index (κ1) is 40.4. The topological polar surface area (TPSA) is 40.5 Å². The van der Waals surface area contributed by atoms with E-state index >= 15 is 0 Å². The van der Waals surface area contributed by atoms with Crippen LogP contribution in [-0.4, -0.2) is 89.1 Å². The molecule has 0 aromatic rings. The molecule has 2 N–H and O–H groups in total. The van der Waals surface area contributed by atoms with Gasteiger partial charge in [-0.15, -0.1) is 0 Å². The first-order valence-electron chi connectivity index (χ1n) is 8.63. The number of hydrogen-bond donors (Lipinski definition) is 2. The second kappa shape index (κ2) is 10.8. The van der Waals surface area contributed by atoms with E-state index in [-0.39, 0.29) is 0 Å². The van der Waals surface area contributed by atoms with Crippen LogP contribution in [0.2, 0.25) is 0 Å². The highest BCUT2D eigenvalue weighted by molar-refractivity contribution is 5.10. The molecule has 0 bridgehead atoms. The van der Waals surface area contributed by atoms with Gasteiger partial charge in [0.2, 0.25) is 0 Å². The van der Waals surface area contributed by atoms with Crippen LogP contribution in [-0.2, 0) is 0 Å². The third-order valence-corrected chi connectivity index (χ3v) is 4.23. The summed E-state index contributed by atoms with van der Waals surface area (Å²) < 4.78 is 294. The summed E-state index contributed by atoms with van der Waals surface area (Å²) in [5.41, 5.74) is 0. The molecule has 0 aromatic heterocycles. The molecule has 244 valence electrons. The van der Waals surface area contributed by atoms with E-state index in [9.17, 15) is 105 Å². The molecule has 0 aromatic carbocycles. The Morgan fingerprint density at radius 3 is 0.750 bits per heavy atom. The molecule has 0 aliphatic carbocycles. The molecule has 0 unspecified atom stereocenters. The molecule has 0 aliphatic rings. The molecule has 0 radical (unpaired) electrons. The standard InChI is InChI=1S/C8H5F13O.C6H3F11O/c9-3(10,1-2-22)4(11,12)5(13,14)6(15,16)7(17,18)8(19,20)21;7-2(8,1-18)3(9,10)4(11,12)5(13,14)6(15,16)17/h22H,1-2H2;18H,1H2. The van der Waals surface area contributed by atoms with Crippen LogP contribution in [0.1, 0.15) is 6.42 Å². The second-order valence-corrected chi connectivity index (χ2v) is 7.06. The highest BCUT2D eigenvalue weighted by Gasteiger charge is 2.90. The van der Waals surface area contributed by atoms with Crippen LogP contribution < -0.4 is 0 Å². The van der Waals surface area contributed by atoms with Crippen molar-refractivity contribution < 1.29 is 116 Å². The van der Waals surface area contributed by atoms with E-state index in [1.54, 1.807) is 0 Å². The summed E-state index contributed by atoms with van der Waals surface area (Å²) in [4.78, 5) is 0. The van der Waals surface area contributed by atoms with Gasteiger partial charge in [0.1, 0.15) is 6.61 Å².